The molecule has 3 rings (SSSR count). The molecular formula is C19H22N4OS. The zero-order chi connectivity index (χ0) is 17.5. The van der Waals surface area contributed by atoms with Gasteiger partial charge in [-0.1, -0.05) is 29.8 Å². The molecule has 0 saturated carbocycles. The van der Waals surface area contributed by atoms with E-state index in [1.54, 1.807) is 17.5 Å². The lowest BCUT2D eigenvalue weighted by molar-refractivity contribution is 0.497. The van der Waals surface area contributed by atoms with Crippen LogP contribution in [0.2, 0.25) is 0 Å². The first kappa shape index (κ1) is 17.2. The van der Waals surface area contributed by atoms with E-state index in [0.29, 0.717) is 19.0 Å². The Morgan fingerprint density at radius 3 is 2.76 bits per heavy atom. The quantitative estimate of drug-likeness (QED) is 0.519. The van der Waals surface area contributed by atoms with Crippen molar-refractivity contribution in [3.05, 3.63) is 64.3 Å². The van der Waals surface area contributed by atoms with Crippen LogP contribution in [0, 0.1) is 6.92 Å². The molecule has 0 bridgehead atoms. The summed E-state index contributed by atoms with van der Waals surface area (Å²) in [6.45, 7) is 6.05. The van der Waals surface area contributed by atoms with Crippen LogP contribution in [0.25, 0.3) is 11.3 Å². The smallest absolute Gasteiger partial charge is 0.214 e. The molecule has 5 nitrogen and oxygen atoms in total. The van der Waals surface area contributed by atoms with Gasteiger partial charge >= 0.3 is 0 Å². The molecule has 0 spiro atoms. The topological polar surface area (TPSA) is 62.5 Å². The molecular weight excluding hydrogens is 332 g/mol. The first-order valence-electron chi connectivity index (χ1n) is 8.29. The van der Waals surface area contributed by atoms with Crippen LogP contribution in [-0.2, 0) is 13.1 Å². The standard InChI is InChI=1S/C19H22N4OS/c1-3-20-19(22-10-15-8-9-25-13-15)23-12-18-21-11-17(24-18)16-6-4-14(2)5-7-16/h4-9,11,13H,3,10,12H2,1-2H3,(H2,20,22,23). The van der Waals surface area contributed by atoms with Crippen molar-refractivity contribution in [3.63, 3.8) is 0 Å². The van der Waals surface area contributed by atoms with Gasteiger partial charge in [-0.15, -0.1) is 0 Å². The summed E-state index contributed by atoms with van der Waals surface area (Å²) < 4.78 is 5.83. The highest BCUT2D eigenvalue weighted by molar-refractivity contribution is 7.07. The zero-order valence-electron chi connectivity index (χ0n) is 14.5. The normalized spacial score (nSPS) is 11.5. The predicted octanol–water partition coefficient (Wildman–Crippen LogP) is 3.97. The van der Waals surface area contributed by atoms with Crippen molar-refractivity contribution >= 4 is 17.3 Å². The Morgan fingerprint density at radius 1 is 1.20 bits per heavy atom. The number of hydrogen-bond donors (Lipinski definition) is 2. The van der Waals surface area contributed by atoms with Crippen LogP contribution in [-0.4, -0.2) is 17.5 Å². The fourth-order valence-corrected chi connectivity index (χ4v) is 2.96. The Morgan fingerprint density at radius 2 is 2.04 bits per heavy atom. The van der Waals surface area contributed by atoms with E-state index in [9.17, 15) is 0 Å². The van der Waals surface area contributed by atoms with Gasteiger partial charge in [0, 0.05) is 12.1 Å². The second kappa shape index (κ2) is 8.48. The lowest BCUT2D eigenvalue weighted by Gasteiger charge is -2.09. The number of oxazole rings is 1. The minimum absolute atomic E-state index is 0.487. The summed E-state index contributed by atoms with van der Waals surface area (Å²) in [5.74, 6) is 2.16. The first-order valence-corrected chi connectivity index (χ1v) is 9.24. The van der Waals surface area contributed by atoms with Gasteiger partial charge in [0.25, 0.3) is 0 Å². The molecule has 2 N–H and O–H groups in total. The third-order valence-corrected chi connectivity index (χ3v) is 4.37. The largest absolute Gasteiger partial charge is 0.439 e. The van der Waals surface area contributed by atoms with E-state index < -0.39 is 0 Å². The van der Waals surface area contributed by atoms with Crippen molar-refractivity contribution < 1.29 is 4.42 Å². The monoisotopic (exact) mass is 354 g/mol. The maximum absolute atomic E-state index is 5.83. The Kier molecular flexibility index (Phi) is 5.85. The number of guanidine groups is 1. The molecule has 130 valence electrons. The first-order chi connectivity index (χ1) is 12.2. The number of benzene rings is 1. The lowest BCUT2D eigenvalue weighted by Crippen LogP contribution is -2.36. The maximum Gasteiger partial charge on any atom is 0.214 e. The molecule has 6 heteroatoms. The average Bonchev–Trinajstić information content (AvgIpc) is 3.30. The van der Waals surface area contributed by atoms with Gasteiger partial charge in [-0.2, -0.15) is 11.3 Å². The van der Waals surface area contributed by atoms with Gasteiger partial charge in [-0.25, -0.2) is 9.98 Å². The number of nitrogens with one attached hydrogen (secondary N) is 2. The molecule has 1 aromatic carbocycles. The number of rotatable bonds is 6. The summed E-state index contributed by atoms with van der Waals surface area (Å²) in [6, 6.07) is 10.3. The molecule has 3 aromatic rings. The number of aromatic nitrogens is 1. The van der Waals surface area contributed by atoms with E-state index in [0.717, 1.165) is 23.8 Å². The fourth-order valence-electron chi connectivity index (χ4n) is 2.30. The van der Waals surface area contributed by atoms with E-state index in [4.69, 9.17) is 4.42 Å². The summed E-state index contributed by atoms with van der Waals surface area (Å²) in [7, 11) is 0. The average molecular weight is 354 g/mol. The lowest BCUT2D eigenvalue weighted by atomic mass is 10.1. The Balaban J connectivity index is 1.61. The number of nitrogens with zero attached hydrogens (tertiary/aromatic N) is 2. The highest BCUT2D eigenvalue weighted by Crippen LogP contribution is 2.20. The van der Waals surface area contributed by atoms with Gasteiger partial charge in [0.1, 0.15) is 0 Å². The molecule has 0 radical (unpaired) electrons. The Hall–Kier alpha value is -2.60. The molecule has 0 atom stereocenters. The minimum atomic E-state index is 0.487. The van der Waals surface area contributed by atoms with Gasteiger partial charge in [0.05, 0.1) is 19.3 Å². The molecule has 2 heterocycles. The van der Waals surface area contributed by atoms with E-state index in [-0.39, 0.29) is 0 Å². The van der Waals surface area contributed by atoms with Crippen LogP contribution in [0.3, 0.4) is 0 Å². The fraction of sp³-hybridized carbons (Fsp3) is 0.263. The Bertz CT molecular complexity index is 806. The van der Waals surface area contributed by atoms with Crippen LogP contribution in [0.5, 0.6) is 0 Å². The second-order valence-corrected chi connectivity index (χ2v) is 6.44. The summed E-state index contributed by atoms with van der Waals surface area (Å²) in [5.41, 5.74) is 3.46. The molecule has 0 aliphatic rings. The molecule has 0 unspecified atom stereocenters. The van der Waals surface area contributed by atoms with Gasteiger partial charge in [-0.05, 0) is 36.2 Å². The van der Waals surface area contributed by atoms with Crippen LogP contribution in [0.1, 0.15) is 23.9 Å². The van der Waals surface area contributed by atoms with Crippen molar-refractivity contribution in [1.29, 1.82) is 0 Å². The van der Waals surface area contributed by atoms with Crippen molar-refractivity contribution in [2.24, 2.45) is 4.99 Å². The van der Waals surface area contributed by atoms with Crippen LogP contribution in [0.15, 0.2) is 56.7 Å². The molecule has 0 fully saturated rings. The van der Waals surface area contributed by atoms with E-state index in [1.807, 2.05) is 19.1 Å². The van der Waals surface area contributed by atoms with E-state index in [1.165, 1.54) is 11.1 Å². The number of thiophene rings is 1. The number of aryl methyl sites for hydroxylation is 1. The predicted molar refractivity (Wildman–Crippen MR) is 103 cm³/mol. The van der Waals surface area contributed by atoms with Gasteiger partial charge in [0.15, 0.2) is 11.7 Å². The van der Waals surface area contributed by atoms with E-state index in [2.05, 4.69) is 56.5 Å². The van der Waals surface area contributed by atoms with Crippen molar-refractivity contribution in [2.75, 3.05) is 6.54 Å². The summed E-state index contributed by atoms with van der Waals surface area (Å²) in [5, 5.41) is 10.7. The van der Waals surface area contributed by atoms with Crippen LogP contribution in [0.4, 0.5) is 0 Å². The van der Waals surface area contributed by atoms with Crippen LogP contribution < -0.4 is 10.6 Å². The van der Waals surface area contributed by atoms with Crippen molar-refractivity contribution in [3.8, 4) is 11.3 Å². The molecule has 2 aromatic heterocycles. The SMILES string of the molecule is CCNC(=NCc1ccsc1)NCc1ncc(-c2ccc(C)cc2)o1. The number of hydrogen-bond acceptors (Lipinski definition) is 4. The maximum atomic E-state index is 5.83. The van der Waals surface area contributed by atoms with Crippen LogP contribution >= 0.6 is 11.3 Å². The van der Waals surface area contributed by atoms with Gasteiger partial charge in [0.2, 0.25) is 5.89 Å². The van der Waals surface area contributed by atoms with Crippen molar-refractivity contribution in [1.82, 2.24) is 15.6 Å². The van der Waals surface area contributed by atoms with Gasteiger partial charge < -0.3 is 15.1 Å². The van der Waals surface area contributed by atoms with Gasteiger partial charge in [-0.3, -0.25) is 0 Å². The molecule has 25 heavy (non-hydrogen) atoms. The summed E-state index contributed by atoms with van der Waals surface area (Å²) in [6.07, 6.45) is 1.76. The molecule has 0 saturated heterocycles. The third kappa shape index (κ3) is 4.93. The zero-order valence-corrected chi connectivity index (χ0v) is 15.3. The minimum Gasteiger partial charge on any atom is -0.439 e. The molecule has 0 aliphatic heterocycles. The molecule has 0 amide bonds. The number of aliphatic imine (C=N–C) groups is 1. The second-order valence-electron chi connectivity index (χ2n) is 5.66. The Labute approximate surface area is 151 Å². The van der Waals surface area contributed by atoms with E-state index >= 15 is 0 Å². The van der Waals surface area contributed by atoms with Crippen molar-refractivity contribution in [2.45, 2.75) is 26.9 Å². The highest BCUT2D eigenvalue weighted by Gasteiger charge is 2.07. The molecule has 0 aliphatic carbocycles. The summed E-state index contributed by atoms with van der Waals surface area (Å²) >= 11 is 1.68. The summed E-state index contributed by atoms with van der Waals surface area (Å²) in [4.78, 5) is 8.92. The highest BCUT2D eigenvalue weighted by atomic mass is 32.1. The third-order valence-electron chi connectivity index (χ3n) is 3.64.